The van der Waals surface area contributed by atoms with Crippen molar-refractivity contribution in [1.82, 2.24) is 10.2 Å². The Labute approximate surface area is 201 Å². The molecule has 0 saturated carbocycles. The molecule has 0 fully saturated rings. The third-order valence-corrected chi connectivity index (χ3v) is 4.85. The SMILES string of the molecule is O=[N+]([O-])c1ccc(O)cc1/C=N\Nc1nnc(N/N=C/c2cc(O)ccc2[N+](=O)[O-])c2ccccc12. The zero-order valence-corrected chi connectivity index (χ0v) is 18.1. The van der Waals surface area contributed by atoms with Gasteiger partial charge in [-0.15, -0.1) is 10.2 Å². The van der Waals surface area contributed by atoms with Gasteiger partial charge in [-0.25, -0.2) is 0 Å². The number of rotatable bonds is 8. The number of aromatic nitrogens is 2. The van der Waals surface area contributed by atoms with Gasteiger partial charge in [0.25, 0.3) is 11.4 Å². The van der Waals surface area contributed by atoms with Crippen molar-refractivity contribution in [2.24, 2.45) is 10.2 Å². The van der Waals surface area contributed by atoms with Gasteiger partial charge in [-0.1, -0.05) is 24.3 Å². The summed E-state index contributed by atoms with van der Waals surface area (Å²) in [5.74, 6) is 0.171. The van der Waals surface area contributed by atoms with E-state index in [2.05, 4.69) is 31.3 Å². The Kier molecular flexibility index (Phi) is 6.58. The maximum absolute atomic E-state index is 11.2. The molecule has 4 N–H and O–H groups in total. The van der Waals surface area contributed by atoms with E-state index >= 15 is 0 Å². The van der Waals surface area contributed by atoms with Crippen LogP contribution in [0.1, 0.15) is 11.1 Å². The monoisotopic (exact) mass is 488 g/mol. The molecule has 180 valence electrons. The molecule has 1 heterocycles. The van der Waals surface area contributed by atoms with Gasteiger partial charge in [0.1, 0.15) is 11.5 Å². The van der Waals surface area contributed by atoms with Gasteiger partial charge >= 0.3 is 0 Å². The highest BCUT2D eigenvalue weighted by Gasteiger charge is 2.14. The fourth-order valence-electron chi connectivity index (χ4n) is 3.22. The molecule has 0 aliphatic heterocycles. The summed E-state index contributed by atoms with van der Waals surface area (Å²) >= 11 is 0. The van der Waals surface area contributed by atoms with Crippen molar-refractivity contribution >= 4 is 46.2 Å². The highest BCUT2D eigenvalue weighted by molar-refractivity contribution is 5.99. The topological polar surface area (TPSA) is 201 Å². The highest BCUT2D eigenvalue weighted by atomic mass is 16.6. The Morgan fingerprint density at radius 2 is 1.14 bits per heavy atom. The minimum atomic E-state index is -0.595. The number of phenolic OH excluding ortho intramolecular Hbond substituents is 2. The maximum atomic E-state index is 11.2. The summed E-state index contributed by atoms with van der Waals surface area (Å²) in [5, 5.41) is 58.8. The molecule has 0 bridgehead atoms. The molecule has 4 rings (SSSR count). The fraction of sp³-hybridized carbons (Fsp3) is 0. The van der Waals surface area contributed by atoms with Crippen LogP contribution in [0, 0.1) is 20.2 Å². The molecule has 0 radical (unpaired) electrons. The zero-order valence-electron chi connectivity index (χ0n) is 18.1. The quantitative estimate of drug-likeness (QED) is 0.161. The summed E-state index contributed by atoms with van der Waals surface area (Å²) in [6.07, 6.45) is 2.35. The van der Waals surface area contributed by atoms with Gasteiger partial charge in [0, 0.05) is 22.9 Å². The Bertz CT molecular complexity index is 1420. The number of benzene rings is 3. The van der Waals surface area contributed by atoms with Gasteiger partial charge in [0.15, 0.2) is 11.6 Å². The standard InChI is InChI=1S/C22H16N8O6/c31-15-5-7-19(29(33)34)13(9-15)11-23-25-21-17-3-1-2-4-18(17)22(28-27-21)26-24-12-14-10-16(32)6-8-20(14)30(35)36/h1-12,31-32H,(H,25,27)(H,26,28)/b23-11-,24-12+. The first kappa shape index (κ1) is 23.5. The van der Waals surface area contributed by atoms with E-state index < -0.39 is 9.85 Å². The van der Waals surface area contributed by atoms with Crippen LogP contribution in [0.3, 0.4) is 0 Å². The molecule has 4 aromatic rings. The van der Waals surface area contributed by atoms with E-state index in [9.17, 15) is 30.4 Å². The summed E-state index contributed by atoms with van der Waals surface area (Å²) < 4.78 is 0. The van der Waals surface area contributed by atoms with Crippen LogP contribution >= 0.6 is 0 Å². The van der Waals surface area contributed by atoms with Crippen molar-refractivity contribution in [3.05, 3.63) is 92.0 Å². The molecule has 0 unspecified atom stereocenters. The molecule has 0 spiro atoms. The van der Waals surface area contributed by atoms with Crippen LogP contribution < -0.4 is 10.9 Å². The first-order valence-corrected chi connectivity index (χ1v) is 10.1. The van der Waals surface area contributed by atoms with Crippen LogP contribution in [0.4, 0.5) is 23.0 Å². The second-order valence-corrected chi connectivity index (χ2v) is 7.18. The number of hydrogen-bond acceptors (Lipinski definition) is 12. The van der Waals surface area contributed by atoms with E-state index in [1.54, 1.807) is 24.3 Å². The van der Waals surface area contributed by atoms with Crippen LogP contribution in [0.5, 0.6) is 11.5 Å². The van der Waals surface area contributed by atoms with E-state index in [0.29, 0.717) is 10.8 Å². The number of phenols is 2. The Balaban J connectivity index is 1.58. The second kappa shape index (κ2) is 10.1. The van der Waals surface area contributed by atoms with Gasteiger partial charge < -0.3 is 10.2 Å². The van der Waals surface area contributed by atoms with Crippen LogP contribution in [0.25, 0.3) is 10.8 Å². The molecule has 3 aromatic carbocycles. The number of hydrazone groups is 2. The van der Waals surface area contributed by atoms with Crippen LogP contribution in [-0.2, 0) is 0 Å². The van der Waals surface area contributed by atoms with Gasteiger partial charge in [-0.3, -0.25) is 31.1 Å². The van der Waals surface area contributed by atoms with E-state index in [1.807, 2.05) is 0 Å². The van der Waals surface area contributed by atoms with E-state index in [0.717, 1.165) is 12.1 Å². The van der Waals surface area contributed by atoms with Gasteiger partial charge in [-0.05, 0) is 24.3 Å². The highest BCUT2D eigenvalue weighted by Crippen LogP contribution is 2.27. The Morgan fingerprint density at radius 3 is 1.53 bits per heavy atom. The third-order valence-electron chi connectivity index (χ3n) is 4.85. The molecule has 14 heteroatoms. The molecule has 36 heavy (non-hydrogen) atoms. The lowest BCUT2D eigenvalue weighted by Crippen LogP contribution is -2.02. The third kappa shape index (κ3) is 5.12. The molecule has 0 atom stereocenters. The van der Waals surface area contributed by atoms with Crippen LogP contribution in [0.15, 0.2) is 70.9 Å². The van der Waals surface area contributed by atoms with Crippen molar-refractivity contribution in [3.8, 4) is 11.5 Å². The molecule has 0 saturated heterocycles. The number of aromatic hydroxyl groups is 2. The normalized spacial score (nSPS) is 11.2. The van der Waals surface area contributed by atoms with Gasteiger partial charge in [-0.2, -0.15) is 10.2 Å². The smallest absolute Gasteiger partial charge is 0.278 e. The number of anilines is 2. The largest absolute Gasteiger partial charge is 0.508 e. The summed E-state index contributed by atoms with van der Waals surface area (Å²) in [6.45, 7) is 0. The number of nitro groups is 2. The van der Waals surface area contributed by atoms with E-state index in [1.165, 1.54) is 36.7 Å². The average Bonchev–Trinajstić information content (AvgIpc) is 2.85. The Hall–Kier alpha value is -5.66. The minimum absolute atomic E-state index is 0.0819. The van der Waals surface area contributed by atoms with Gasteiger partial charge in [0.05, 0.1) is 33.4 Å². The van der Waals surface area contributed by atoms with E-state index in [4.69, 9.17) is 0 Å². The summed E-state index contributed by atoms with van der Waals surface area (Å²) in [5.41, 5.74) is 5.05. The van der Waals surface area contributed by atoms with Crippen molar-refractivity contribution in [1.29, 1.82) is 0 Å². The molecule has 0 aliphatic carbocycles. The van der Waals surface area contributed by atoms with Crippen molar-refractivity contribution in [2.45, 2.75) is 0 Å². The van der Waals surface area contributed by atoms with Crippen molar-refractivity contribution < 1.29 is 20.1 Å². The summed E-state index contributed by atoms with van der Waals surface area (Å²) in [7, 11) is 0. The molecular weight excluding hydrogens is 472 g/mol. The molecule has 0 amide bonds. The molecular formula is C22H16N8O6. The number of nitrogens with one attached hydrogen (secondary N) is 2. The predicted molar refractivity (Wildman–Crippen MR) is 131 cm³/mol. The number of hydrogen-bond donors (Lipinski definition) is 4. The zero-order chi connectivity index (χ0) is 25.7. The minimum Gasteiger partial charge on any atom is -0.508 e. The lowest BCUT2D eigenvalue weighted by atomic mass is 10.2. The lowest BCUT2D eigenvalue weighted by molar-refractivity contribution is -0.385. The van der Waals surface area contributed by atoms with Crippen LogP contribution in [-0.4, -0.2) is 42.7 Å². The lowest BCUT2D eigenvalue weighted by Gasteiger charge is -2.08. The molecule has 14 nitrogen and oxygen atoms in total. The van der Waals surface area contributed by atoms with Gasteiger partial charge in [0.2, 0.25) is 0 Å². The van der Waals surface area contributed by atoms with E-state index in [-0.39, 0.29) is 45.6 Å². The molecule has 0 aliphatic rings. The maximum Gasteiger partial charge on any atom is 0.278 e. The molecule has 1 aromatic heterocycles. The van der Waals surface area contributed by atoms with Crippen LogP contribution in [0.2, 0.25) is 0 Å². The summed E-state index contributed by atoms with van der Waals surface area (Å²) in [6, 6.07) is 14.1. The number of fused-ring (bicyclic) bond motifs is 1. The summed E-state index contributed by atoms with van der Waals surface area (Å²) in [4.78, 5) is 21.2. The predicted octanol–water partition coefficient (Wildman–Crippen LogP) is 3.75. The Morgan fingerprint density at radius 1 is 0.722 bits per heavy atom. The first-order valence-electron chi connectivity index (χ1n) is 10.1. The number of nitrogens with zero attached hydrogens (tertiary/aromatic N) is 6. The number of nitro benzene ring substituents is 2. The fourth-order valence-corrected chi connectivity index (χ4v) is 3.22. The van der Waals surface area contributed by atoms with Crippen molar-refractivity contribution in [3.63, 3.8) is 0 Å². The first-order chi connectivity index (χ1) is 17.3. The van der Waals surface area contributed by atoms with Crippen molar-refractivity contribution in [2.75, 3.05) is 10.9 Å². The average molecular weight is 488 g/mol. The second-order valence-electron chi connectivity index (χ2n) is 7.18.